The molecule has 2 aromatic carbocycles. The van der Waals surface area contributed by atoms with Gasteiger partial charge < -0.3 is 14.6 Å². The largest absolute Gasteiger partial charge is 0.456 e. The van der Waals surface area contributed by atoms with Crippen molar-refractivity contribution in [1.82, 2.24) is 9.56 Å². The van der Waals surface area contributed by atoms with Crippen molar-refractivity contribution in [2.75, 3.05) is 5.32 Å². The van der Waals surface area contributed by atoms with Crippen LogP contribution in [0, 0.1) is 13.8 Å². The summed E-state index contributed by atoms with van der Waals surface area (Å²) < 4.78 is 11.6. The smallest absolute Gasteiger partial charge is 0.338 e. The number of nitrogens with one attached hydrogen (secondary N) is 1. The van der Waals surface area contributed by atoms with Gasteiger partial charge in [0.15, 0.2) is 5.65 Å². The fraction of sp³-hybridized carbons (Fsp3) is 0.130. The summed E-state index contributed by atoms with van der Waals surface area (Å²) in [6, 6.07) is 16.5. The van der Waals surface area contributed by atoms with E-state index >= 15 is 0 Å². The number of aromatic nitrogens is 2. The van der Waals surface area contributed by atoms with E-state index in [2.05, 4.69) is 10.3 Å². The first kappa shape index (κ1) is 20.1. The lowest BCUT2D eigenvalue weighted by Crippen LogP contribution is -2.15. The molecule has 2 aromatic heterocycles. The van der Waals surface area contributed by atoms with Gasteiger partial charge in [0.25, 0.3) is 11.5 Å². The molecule has 0 spiro atoms. The second-order valence-corrected chi connectivity index (χ2v) is 7.06. The Morgan fingerprint density at radius 1 is 1.03 bits per heavy atom. The Balaban J connectivity index is 1.39. The number of hydrogen-bond donors (Lipinski definition) is 1. The number of rotatable bonds is 5. The van der Waals surface area contributed by atoms with Gasteiger partial charge in [-0.2, -0.15) is 0 Å². The molecule has 2 heterocycles. The molecular formula is C23H19N3O5. The van der Waals surface area contributed by atoms with E-state index in [1.54, 1.807) is 49.4 Å². The van der Waals surface area contributed by atoms with Gasteiger partial charge in [-0.25, -0.2) is 9.78 Å². The highest BCUT2D eigenvalue weighted by molar-refractivity contribution is 6.04. The third-order valence-corrected chi connectivity index (χ3v) is 4.53. The van der Waals surface area contributed by atoms with Gasteiger partial charge in [-0.15, -0.1) is 4.57 Å². The summed E-state index contributed by atoms with van der Waals surface area (Å²) in [6.45, 7) is 3.47. The number of carbonyl (C=O) groups is 2. The van der Waals surface area contributed by atoms with E-state index in [9.17, 15) is 14.4 Å². The lowest BCUT2D eigenvalue weighted by Gasteiger charge is -2.08. The summed E-state index contributed by atoms with van der Waals surface area (Å²) in [5, 5.41) is 2.79. The summed E-state index contributed by atoms with van der Waals surface area (Å²) in [5.41, 5.74) is 2.69. The fourth-order valence-corrected chi connectivity index (χ4v) is 3.05. The molecular weight excluding hydrogens is 398 g/mol. The number of benzene rings is 2. The summed E-state index contributed by atoms with van der Waals surface area (Å²) >= 11 is 0. The number of amides is 1. The van der Waals surface area contributed by atoms with Gasteiger partial charge in [-0.05, 0) is 50.2 Å². The summed E-state index contributed by atoms with van der Waals surface area (Å²) in [5.74, 6) is -0.253. The van der Waals surface area contributed by atoms with Crippen LogP contribution >= 0.6 is 0 Å². The minimum absolute atomic E-state index is 0.152. The zero-order valence-electron chi connectivity index (χ0n) is 16.9. The van der Waals surface area contributed by atoms with Crippen LogP contribution < -0.4 is 10.9 Å². The van der Waals surface area contributed by atoms with Gasteiger partial charge in [0.1, 0.15) is 12.4 Å². The molecule has 0 bridgehead atoms. The van der Waals surface area contributed by atoms with Crippen molar-refractivity contribution in [2.45, 2.75) is 20.5 Å². The number of aryl methyl sites for hydroxylation is 2. The minimum Gasteiger partial charge on any atom is -0.456 e. The highest BCUT2D eigenvalue weighted by Crippen LogP contribution is 2.14. The molecule has 0 saturated carbocycles. The van der Waals surface area contributed by atoms with Crippen molar-refractivity contribution >= 4 is 23.2 Å². The molecule has 8 heteroatoms. The van der Waals surface area contributed by atoms with Gasteiger partial charge in [0, 0.05) is 23.4 Å². The summed E-state index contributed by atoms with van der Waals surface area (Å²) in [6.07, 6.45) is 0. The van der Waals surface area contributed by atoms with Gasteiger partial charge in [-0.1, -0.05) is 17.7 Å². The molecule has 0 aliphatic rings. The second kappa shape index (κ2) is 8.27. The van der Waals surface area contributed by atoms with E-state index in [4.69, 9.17) is 9.26 Å². The zero-order valence-corrected chi connectivity index (χ0v) is 16.9. The first-order valence-electron chi connectivity index (χ1n) is 9.54. The Morgan fingerprint density at radius 3 is 2.55 bits per heavy atom. The SMILES string of the molecule is Cc1cccc(C(=O)Nc2ccc(C(=O)OCc3cc(=O)n4oc(C)cc4n3)cc2)c1. The van der Waals surface area contributed by atoms with E-state index < -0.39 is 11.5 Å². The van der Waals surface area contributed by atoms with E-state index in [1.807, 2.05) is 19.1 Å². The van der Waals surface area contributed by atoms with Crippen molar-refractivity contribution in [3.63, 3.8) is 0 Å². The molecule has 31 heavy (non-hydrogen) atoms. The average molecular weight is 417 g/mol. The van der Waals surface area contributed by atoms with Crippen molar-refractivity contribution in [3.8, 4) is 0 Å². The molecule has 1 N–H and O–H groups in total. The maximum absolute atomic E-state index is 12.3. The summed E-state index contributed by atoms with van der Waals surface area (Å²) in [7, 11) is 0. The van der Waals surface area contributed by atoms with Gasteiger partial charge in [0.05, 0.1) is 11.3 Å². The van der Waals surface area contributed by atoms with Crippen LogP contribution in [-0.4, -0.2) is 21.4 Å². The quantitative estimate of drug-likeness (QED) is 0.499. The molecule has 8 nitrogen and oxygen atoms in total. The Labute approximate surface area is 177 Å². The van der Waals surface area contributed by atoms with Gasteiger partial charge in [0.2, 0.25) is 0 Å². The number of carbonyl (C=O) groups excluding carboxylic acids is 2. The van der Waals surface area contributed by atoms with Crippen LogP contribution in [0.1, 0.15) is 37.7 Å². The second-order valence-electron chi connectivity index (χ2n) is 7.06. The molecule has 0 aliphatic carbocycles. The Morgan fingerprint density at radius 2 is 1.81 bits per heavy atom. The lowest BCUT2D eigenvalue weighted by molar-refractivity contribution is 0.0467. The van der Waals surface area contributed by atoms with Gasteiger partial charge >= 0.3 is 5.97 Å². The maximum atomic E-state index is 12.3. The van der Waals surface area contributed by atoms with E-state index in [0.29, 0.717) is 33.9 Å². The zero-order chi connectivity index (χ0) is 22.0. The number of ether oxygens (including phenoxy) is 1. The molecule has 4 rings (SSSR count). The molecule has 0 radical (unpaired) electrons. The van der Waals surface area contributed by atoms with Crippen molar-refractivity contribution in [2.24, 2.45) is 0 Å². The van der Waals surface area contributed by atoms with E-state index in [1.165, 1.54) is 6.07 Å². The third-order valence-electron chi connectivity index (χ3n) is 4.53. The van der Waals surface area contributed by atoms with Crippen LogP contribution in [0.25, 0.3) is 5.65 Å². The Kier molecular flexibility index (Phi) is 5.36. The van der Waals surface area contributed by atoms with Crippen LogP contribution in [0.4, 0.5) is 5.69 Å². The molecule has 4 aromatic rings. The van der Waals surface area contributed by atoms with E-state index in [0.717, 1.165) is 10.1 Å². The number of hydrogen-bond acceptors (Lipinski definition) is 6. The Bertz CT molecular complexity index is 1340. The molecule has 0 unspecified atom stereocenters. The van der Waals surface area contributed by atoms with Crippen LogP contribution in [0.3, 0.4) is 0 Å². The molecule has 0 saturated heterocycles. The number of anilines is 1. The van der Waals surface area contributed by atoms with Crippen molar-refractivity contribution < 1.29 is 18.8 Å². The predicted octanol–water partition coefficient (Wildman–Crippen LogP) is 3.51. The topological polar surface area (TPSA) is 103 Å². The maximum Gasteiger partial charge on any atom is 0.338 e. The van der Waals surface area contributed by atoms with Crippen LogP contribution in [-0.2, 0) is 11.3 Å². The average Bonchev–Trinajstić information content (AvgIpc) is 3.13. The normalized spacial score (nSPS) is 10.8. The van der Waals surface area contributed by atoms with Gasteiger partial charge in [-0.3, -0.25) is 9.59 Å². The highest BCUT2D eigenvalue weighted by atomic mass is 16.5. The molecule has 156 valence electrons. The minimum atomic E-state index is -0.568. The number of esters is 1. The standard InChI is InChI=1S/C23H19N3O5/c1-14-4-3-5-17(10-14)22(28)25-18-8-6-16(7-9-18)23(29)30-13-19-12-21(27)26-20(24-19)11-15(2)31-26/h3-12H,13H2,1-2H3,(H,25,28). The first-order chi connectivity index (χ1) is 14.9. The fourth-order valence-electron chi connectivity index (χ4n) is 3.05. The molecule has 1 amide bonds. The molecule has 0 atom stereocenters. The van der Waals surface area contributed by atoms with Crippen LogP contribution in [0.15, 0.2) is 70.0 Å². The van der Waals surface area contributed by atoms with E-state index in [-0.39, 0.29) is 12.5 Å². The summed E-state index contributed by atoms with van der Waals surface area (Å²) in [4.78, 5) is 40.9. The van der Waals surface area contributed by atoms with Crippen molar-refractivity contribution in [3.05, 3.63) is 99.2 Å². The monoisotopic (exact) mass is 417 g/mol. The van der Waals surface area contributed by atoms with Crippen LogP contribution in [0.2, 0.25) is 0 Å². The lowest BCUT2D eigenvalue weighted by atomic mass is 10.1. The number of fused-ring (bicyclic) bond motifs is 1. The Hall–Kier alpha value is -4.20. The van der Waals surface area contributed by atoms with Crippen molar-refractivity contribution in [1.29, 1.82) is 0 Å². The number of nitrogens with zero attached hydrogens (tertiary/aromatic N) is 2. The predicted molar refractivity (Wildman–Crippen MR) is 113 cm³/mol. The first-order valence-corrected chi connectivity index (χ1v) is 9.54. The molecule has 0 aliphatic heterocycles. The highest BCUT2D eigenvalue weighted by Gasteiger charge is 2.12. The van der Waals surface area contributed by atoms with Crippen LogP contribution in [0.5, 0.6) is 0 Å². The third kappa shape index (κ3) is 4.53. The molecule has 0 fully saturated rings.